The number of fused-ring (bicyclic) bond motifs is 3. The van der Waals surface area contributed by atoms with Crippen LogP contribution >= 0.6 is 0 Å². The maximum absolute atomic E-state index is 13.0. The predicted octanol–water partition coefficient (Wildman–Crippen LogP) is 3.67. The van der Waals surface area contributed by atoms with Crippen molar-refractivity contribution >= 4 is 17.7 Å². The molecule has 1 spiro atoms. The number of hydrogen-bond donors (Lipinski definition) is 2. The molecule has 1 amide bonds. The zero-order chi connectivity index (χ0) is 20.6. The molecule has 2 atom stereocenters. The number of anilines is 2. The second kappa shape index (κ2) is 6.33. The fourth-order valence-corrected chi connectivity index (χ4v) is 7.74. The summed E-state index contributed by atoms with van der Waals surface area (Å²) >= 11 is 0. The van der Waals surface area contributed by atoms with Crippen LogP contribution in [-0.4, -0.2) is 40.5 Å². The van der Waals surface area contributed by atoms with Crippen LogP contribution in [0.5, 0.6) is 0 Å². The Hall–Kier alpha value is -1.85. The van der Waals surface area contributed by atoms with Crippen molar-refractivity contribution < 1.29 is 4.79 Å². The minimum Gasteiger partial charge on any atom is -0.354 e. The van der Waals surface area contributed by atoms with Crippen LogP contribution in [0.1, 0.15) is 77.2 Å². The van der Waals surface area contributed by atoms with E-state index in [1.165, 1.54) is 51.4 Å². The Morgan fingerprint density at radius 3 is 2.57 bits per heavy atom. The first-order chi connectivity index (χ1) is 14.5. The predicted molar refractivity (Wildman–Crippen MR) is 117 cm³/mol. The molecule has 6 rings (SSSR count). The lowest BCUT2D eigenvalue weighted by atomic mass is 9.69. The molecule has 0 radical (unpaired) electrons. The van der Waals surface area contributed by atoms with Gasteiger partial charge in [0.05, 0.1) is 0 Å². The molecular formula is C24H35N5O. The summed E-state index contributed by atoms with van der Waals surface area (Å²) in [6, 6.07) is 0.431. The Labute approximate surface area is 179 Å². The van der Waals surface area contributed by atoms with Gasteiger partial charge in [0, 0.05) is 37.3 Å². The van der Waals surface area contributed by atoms with Crippen molar-refractivity contribution in [3.63, 3.8) is 0 Å². The van der Waals surface area contributed by atoms with E-state index in [0.29, 0.717) is 16.9 Å². The van der Waals surface area contributed by atoms with Gasteiger partial charge in [-0.05, 0) is 61.7 Å². The van der Waals surface area contributed by atoms with Crippen LogP contribution in [0.3, 0.4) is 0 Å². The molecule has 3 aliphatic carbocycles. The molecule has 162 valence electrons. The van der Waals surface area contributed by atoms with E-state index in [2.05, 4.69) is 29.4 Å². The first-order valence-electron chi connectivity index (χ1n) is 12.1. The van der Waals surface area contributed by atoms with Crippen LogP contribution in [0.2, 0.25) is 0 Å². The molecule has 2 N–H and O–H groups in total. The van der Waals surface area contributed by atoms with Crippen molar-refractivity contribution in [2.45, 2.75) is 89.6 Å². The smallest absolute Gasteiger partial charge is 0.246 e. The minimum absolute atomic E-state index is 0.185. The van der Waals surface area contributed by atoms with E-state index >= 15 is 0 Å². The summed E-state index contributed by atoms with van der Waals surface area (Å²) < 4.78 is 0. The summed E-state index contributed by atoms with van der Waals surface area (Å²) in [5.41, 5.74) is 1.48. The summed E-state index contributed by atoms with van der Waals surface area (Å²) in [5, 5.41) is 6.73. The Morgan fingerprint density at radius 2 is 1.93 bits per heavy atom. The van der Waals surface area contributed by atoms with Gasteiger partial charge in [-0.3, -0.25) is 4.79 Å². The van der Waals surface area contributed by atoms with Gasteiger partial charge in [0.15, 0.2) is 0 Å². The van der Waals surface area contributed by atoms with Crippen LogP contribution in [0.15, 0.2) is 6.20 Å². The van der Waals surface area contributed by atoms with Crippen LogP contribution < -0.4 is 15.5 Å². The quantitative estimate of drug-likeness (QED) is 0.794. The highest BCUT2D eigenvalue weighted by atomic mass is 16.2. The van der Waals surface area contributed by atoms with E-state index in [-0.39, 0.29) is 5.91 Å². The number of nitrogens with zero attached hydrogens (tertiary/aromatic N) is 3. The topological polar surface area (TPSA) is 70.2 Å². The largest absolute Gasteiger partial charge is 0.354 e. The SMILES string of the molecule is CC12CCC(CC1)C2(C)CNc1ncc2c(n1)N(C1CCCC1)[C@]1(CCNC1=O)C2. The van der Waals surface area contributed by atoms with Gasteiger partial charge in [0.2, 0.25) is 11.9 Å². The molecule has 3 heterocycles. The molecule has 6 nitrogen and oxygen atoms in total. The summed E-state index contributed by atoms with van der Waals surface area (Å²) in [4.78, 5) is 25.1. The number of rotatable bonds is 4. The third-order valence-electron chi connectivity index (χ3n) is 9.93. The summed E-state index contributed by atoms with van der Waals surface area (Å²) in [5.74, 6) is 2.76. The maximum Gasteiger partial charge on any atom is 0.246 e. The molecule has 5 aliphatic rings. The molecule has 1 aromatic rings. The van der Waals surface area contributed by atoms with Gasteiger partial charge >= 0.3 is 0 Å². The number of amides is 1. The molecule has 2 bridgehead atoms. The van der Waals surface area contributed by atoms with Crippen molar-refractivity contribution in [1.82, 2.24) is 15.3 Å². The monoisotopic (exact) mass is 409 g/mol. The fraction of sp³-hybridized carbons (Fsp3) is 0.792. The molecule has 2 aliphatic heterocycles. The molecule has 30 heavy (non-hydrogen) atoms. The van der Waals surface area contributed by atoms with Crippen molar-refractivity contribution in [2.75, 3.05) is 23.3 Å². The lowest BCUT2D eigenvalue weighted by molar-refractivity contribution is -0.123. The van der Waals surface area contributed by atoms with Gasteiger partial charge in [0.1, 0.15) is 11.4 Å². The maximum atomic E-state index is 13.0. The molecule has 4 fully saturated rings. The standard InChI is InChI=1S/C24H35N5O/c1-22-9-7-17(8-10-22)23(22,2)15-27-21-26-14-16-13-24(11-12-25-20(24)30)29(19(16)28-21)18-5-3-4-6-18/h14,17-18H,3-13,15H2,1-2H3,(H,25,30)(H,26,27,28)/t17?,22?,23?,24-/m1/s1. The van der Waals surface area contributed by atoms with E-state index in [1.54, 1.807) is 0 Å². The van der Waals surface area contributed by atoms with Crippen molar-refractivity contribution in [2.24, 2.45) is 16.7 Å². The van der Waals surface area contributed by atoms with Gasteiger partial charge in [-0.1, -0.05) is 26.7 Å². The van der Waals surface area contributed by atoms with E-state index in [4.69, 9.17) is 9.97 Å². The second-order valence-electron chi connectivity index (χ2n) is 11.2. The van der Waals surface area contributed by atoms with Crippen LogP contribution in [0.4, 0.5) is 11.8 Å². The minimum atomic E-state index is -0.436. The molecule has 6 heteroatoms. The Balaban J connectivity index is 1.29. The highest BCUT2D eigenvalue weighted by Crippen LogP contribution is 2.65. The number of carbonyl (C=O) groups excluding carboxylic acids is 1. The molecular weight excluding hydrogens is 374 g/mol. The second-order valence-corrected chi connectivity index (χ2v) is 11.2. The summed E-state index contributed by atoms with van der Waals surface area (Å²) in [6.07, 6.45) is 13.9. The van der Waals surface area contributed by atoms with Gasteiger partial charge in [0.25, 0.3) is 0 Å². The molecule has 0 aromatic carbocycles. The number of hydrogen-bond acceptors (Lipinski definition) is 5. The Kier molecular flexibility index (Phi) is 3.99. The summed E-state index contributed by atoms with van der Waals surface area (Å²) in [7, 11) is 0. The van der Waals surface area contributed by atoms with Crippen LogP contribution in [-0.2, 0) is 11.2 Å². The Morgan fingerprint density at radius 1 is 1.17 bits per heavy atom. The first kappa shape index (κ1) is 18.9. The average Bonchev–Trinajstić information content (AvgIpc) is 3.52. The average molecular weight is 410 g/mol. The van der Waals surface area contributed by atoms with Gasteiger partial charge < -0.3 is 15.5 Å². The van der Waals surface area contributed by atoms with Crippen molar-refractivity contribution in [3.8, 4) is 0 Å². The first-order valence-corrected chi connectivity index (χ1v) is 12.1. The zero-order valence-corrected chi connectivity index (χ0v) is 18.5. The normalized spacial score (nSPS) is 39.9. The van der Waals surface area contributed by atoms with E-state index in [9.17, 15) is 4.79 Å². The third kappa shape index (κ3) is 2.39. The van der Waals surface area contributed by atoms with Crippen LogP contribution in [0.25, 0.3) is 0 Å². The van der Waals surface area contributed by atoms with E-state index in [1.807, 2.05) is 6.20 Å². The van der Waals surface area contributed by atoms with Gasteiger partial charge in [-0.2, -0.15) is 4.98 Å². The highest BCUT2D eigenvalue weighted by molar-refractivity contribution is 5.94. The third-order valence-corrected chi connectivity index (χ3v) is 9.93. The number of nitrogens with one attached hydrogen (secondary N) is 2. The lowest BCUT2D eigenvalue weighted by Gasteiger charge is -2.39. The van der Waals surface area contributed by atoms with Crippen molar-refractivity contribution in [1.29, 1.82) is 0 Å². The van der Waals surface area contributed by atoms with Gasteiger partial charge in [-0.15, -0.1) is 0 Å². The molecule has 3 saturated carbocycles. The summed E-state index contributed by atoms with van der Waals surface area (Å²) in [6.45, 7) is 6.67. The lowest BCUT2D eigenvalue weighted by Crippen LogP contribution is -2.56. The van der Waals surface area contributed by atoms with E-state index < -0.39 is 5.54 Å². The molecule has 1 aromatic heterocycles. The van der Waals surface area contributed by atoms with Crippen LogP contribution in [0, 0.1) is 16.7 Å². The van der Waals surface area contributed by atoms with E-state index in [0.717, 1.165) is 49.2 Å². The zero-order valence-electron chi connectivity index (χ0n) is 18.5. The van der Waals surface area contributed by atoms with Crippen molar-refractivity contribution in [3.05, 3.63) is 11.8 Å². The number of carbonyl (C=O) groups is 1. The Bertz CT molecular complexity index is 872. The molecule has 1 saturated heterocycles. The number of aromatic nitrogens is 2. The highest BCUT2D eigenvalue weighted by Gasteiger charge is 2.59. The molecule has 1 unspecified atom stereocenters. The van der Waals surface area contributed by atoms with Gasteiger partial charge in [-0.25, -0.2) is 4.98 Å². The fourth-order valence-electron chi connectivity index (χ4n) is 7.74.